The van der Waals surface area contributed by atoms with Crippen molar-refractivity contribution in [1.82, 2.24) is 24.9 Å². The van der Waals surface area contributed by atoms with Gasteiger partial charge in [-0.2, -0.15) is 0 Å². The molecule has 0 radical (unpaired) electrons. The van der Waals surface area contributed by atoms with E-state index in [-0.39, 0.29) is 0 Å². The number of nitrogens with zero attached hydrogens (tertiary/aromatic N) is 3. The van der Waals surface area contributed by atoms with Crippen molar-refractivity contribution in [2.24, 2.45) is 0 Å². The largest absolute Gasteiger partial charge is 0.355 e. The third kappa shape index (κ3) is 9.60. The first kappa shape index (κ1) is 38.0. The average Bonchev–Trinajstić information content (AvgIpc) is 3.99. The number of nitrogens with one attached hydrogen (secondary N) is 2. The number of pyridine rings is 1. The Morgan fingerprint density at radius 2 is 0.923 bits per heavy atom. The lowest BCUT2D eigenvalue weighted by Gasteiger charge is -2.07. The number of unbranched alkanes of at least 4 members (excludes halogenated alkanes) is 12. The van der Waals surface area contributed by atoms with Crippen molar-refractivity contribution in [3.63, 3.8) is 0 Å². The number of hydrogen-bond donors (Lipinski definition) is 2. The Balaban J connectivity index is 1.59. The van der Waals surface area contributed by atoms with Crippen LogP contribution in [0.5, 0.6) is 0 Å². The van der Waals surface area contributed by atoms with Crippen LogP contribution in [0.1, 0.15) is 157 Å². The van der Waals surface area contributed by atoms with Gasteiger partial charge >= 0.3 is 0 Å². The fourth-order valence-corrected chi connectivity index (χ4v) is 8.11. The molecule has 52 heavy (non-hydrogen) atoms. The molecular formula is C46H58BrN5. The summed E-state index contributed by atoms with van der Waals surface area (Å²) in [4.78, 5) is 23.1. The van der Waals surface area contributed by atoms with Crippen LogP contribution in [-0.4, -0.2) is 24.9 Å². The minimum Gasteiger partial charge on any atom is -0.355 e. The van der Waals surface area contributed by atoms with Gasteiger partial charge in [-0.05, 0) is 126 Å². The van der Waals surface area contributed by atoms with Gasteiger partial charge in [0.25, 0.3) is 0 Å². The molecule has 274 valence electrons. The average molecular weight is 761 g/mol. The molecule has 6 heteroatoms. The first-order valence-electron chi connectivity index (χ1n) is 20.3. The summed E-state index contributed by atoms with van der Waals surface area (Å²) in [6.45, 7) is 6.85. The number of aromatic amines is 2. The van der Waals surface area contributed by atoms with E-state index >= 15 is 0 Å². The number of rotatable bonds is 19. The van der Waals surface area contributed by atoms with E-state index in [2.05, 4.69) is 112 Å². The maximum absolute atomic E-state index is 5.43. The van der Waals surface area contributed by atoms with Gasteiger partial charge in [0.1, 0.15) is 4.60 Å². The highest BCUT2D eigenvalue weighted by atomic mass is 79.9. The third-order valence-corrected chi connectivity index (χ3v) is 11.1. The Kier molecular flexibility index (Phi) is 14.1. The van der Waals surface area contributed by atoms with Gasteiger partial charge in [0, 0.05) is 45.0 Å². The van der Waals surface area contributed by atoms with Crippen LogP contribution in [0, 0.1) is 0 Å². The van der Waals surface area contributed by atoms with E-state index in [0.717, 1.165) is 75.2 Å². The second kappa shape index (κ2) is 19.3. The minimum atomic E-state index is 0.812. The van der Waals surface area contributed by atoms with Crippen LogP contribution >= 0.6 is 15.9 Å². The van der Waals surface area contributed by atoms with Crippen LogP contribution in [0.15, 0.2) is 47.2 Å². The molecule has 2 aliphatic heterocycles. The van der Waals surface area contributed by atoms with Crippen molar-refractivity contribution in [2.45, 2.75) is 136 Å². The summed E-state index contributed by atoms with van der Waals surface area (Å²) in [5, 5.41) is 0. The topological polar surface area (TPSA) is 70.2 Å². The van der Waals surface area contributed by atoms with Gasteiger partial charge in [-0.15, -0.1) is 0 Å². The lowest BCUT2D eigenvalue weighted by molar-refractivity contribution is 0.630. The number of fused-ring (bicyclic) bond motifs is 8. The van der Waals surface area contributed by atoms with Crippen LogP contribution in [0.3, 0.4) is 0 Å². The summed E-state index contributed by atoms with van der Waals surface area (Å²) in [5.41, 5.74) is 14.8. The Morgan fingerprint density at radius 1 is 0.481 bits per heavy atom. The molecule has 0 amide bonds. The molecule has 5 nitrogen and oxygen atoms in total. The van der Waals surface area contributed by atoms with E-state index in [1.807, 2.05) is 6.20 Å². The molecule has 4 aromatic rings. The van der Waals surface area contributed by atoms with Crippen LogP contribution in [-0.2, 0) is 19.3 Å². The highest BCUT2D eigenvalue weighted by Crippen LogP contribution is 2.34. The van der Waals surface area contributed by atoms with Gasteiger partial charge < -0.3 is 9.97 Å². The van der Waals surface area contributed by atoms with E-state index in [1.54, 1.807) is 0 Å². The lowest BCUT2D eigenvalue weighted by atomic mass is 10.0. The molecule has 0 saturated carbocycles. The maximum Gasteiger partial charge on any atom is 0.106 e. The van der Waals surface area contributed by atoms with Crippen molar-refractivity contribution in [2.75, 3.05) is 0 Å². The molecule has 6 heterocycles. The molecule has 2 aliphatic rings. The molecule has 0 spiro atoms. The number of H-pyrrole nitrogens is 2. The summed E-state index contributed by atoms with van der Waals surface area (Å²) in [6.07, 6.45) is 32.5. The molecule has 0 aromatic carbocycles. The van der Waals surface area contributed by atoms with Gasteiger partial charge in [-0.25, -0.2) is 15.0 Å². The quantitative estimate of drug-likeness (QED) is 0.0638. The van der Waals surface area contributed by atoms with Crippen molar-refractivity contribution < 1.29 is 0 Å². The van der Waals surface area contributed by atoms with E-state index in [1.165, 1.54) is 118 Å². The first-order chi connectivity index (χ1) is 25.6. The summed E-state index contributed by atoms with van der Waals surface area (Å²) in [5.74, 6) is 0. The molecule has 0 saturated heterocycles. The molecule has 0 unspecified atom stereocenters. The second-order valence-electron chi connectivity index (χ2n) is 14.7. The number of aromatic nitrogens is 5. The van der Waals surface area contributed by atoms with Gasteiger partial charge in [0.15, 0.2) is 0 Å². The van der Waals surface area contributed by atoms with Crippen LogP contribution in [0.2, 0.25) is 0 Å². The van der Waals surface area contributed by atoms with Crippen LogP contribution in [0.4, 0.5) is 0 Å². The maximum atomic E-state index is 5.43. The van der Waals surface area contributed by atoms with Gasteiger partial charge in [0.2, 0.25) is 0 Å². The summed E-state index contributed by atoms with van der Waals surface area (Å²) >= 11 is 3.64. The molecule has 8 bridgehead atoms. The monoisotopic (exact) mass is 759 g/mol. The predicted molar refractivity (Wildman–Crippen MR) is 227 cm³/mol. The zero-order chi connectivity index (χ0) is 36.1. The smallest absolute Gasteiger partial charge is 0.106 e. The van der Waals surface area contributed by atoms with Crippen molar-refractivity contribution in [3.05, 3.63) is 86.7 Å². The SMILES string of the molecule is CCCCCCCc1c2nc(c(CCCCCCC)c3ccc([nH]3)c(CCCCCCC)c3ccc([nH]3)c(-c3ccnc(Br)c3)c3nc1C=C3)C=C2. The molecule has 0 aliphatic carbocycles. The van der Waals surface area contributed by atoms with E-state index in [9.17, 15) is 0 Å². The van der Waals surface area contributed by atoms with Crippen LogP contribution < -0.4 is 0 Å². The van der Waals surface area contributed by atoms with E-state index < -0.39 is 0 Å². The second-order valence-corrected chi connectivity index (χ2v) is 15.5. The Bertz CT molecular complexity index is 2010. The van der Waals surface area contributed by atoms with Crippen molar-refractivity contribution in [3.8, 4) is 11.1 Å². The predicted octanol–water partition coefficient (Wildman–Crippen LogP) is 14.0. The van der Waals surface area contributed by atoms with Crippen molar-refractivity contribution in [1.29, 1.82) is 0 Å². The Labute approximate surface area is 320 Å². The zero-order valence-electron chi connectivity index (χ0n) is 31.8. The normalized spacial score (nSPS) is 12.3. The van der Waals surface area contributed by atoms with Gasteiger partial charge in [0.05, 0.1) is 22.8 Å². The first-order valence-corrected chi connectivity index (χ1v) is 21.1. The molecular weight excluding hydrogens is 702 g/mol. The molecule has 6 rings (SSSR count). The molecule has 4 aromatic heterocycles. The third-order valence-electron chi connectivity index (χ3n) is 10.7. The number of halogens is 1. The van der Waals surface area contributed by atoms with Gasteiger partial charge in [-0.1, -0.05) is 97.8 Å². The highest BCUT2D eigenvalue weighted by molar-refractivity contribution is 9.10. The standard InChI is InChI=1S/C46H58BrN5/c1-4-7-10-13-16-19-34-37-22-24-39(49-37)35(20-17-14-11-8-5-2)41-26-28-43(51-41)46(33-30-31-48-45(47)32-33)44-29-27-42(52-44)36(21-18-15-12-9-6-3)40-25-23-38(34)50-40/h22-32,49,51H,4-21H2,1-3H3. The van der Waals surface area contributed by atoms with Crippen molar-refractivity contribution >= 4 is 62.3 Å². The van der Waals surface area contributed by atoms with Gasteiger partial charge in [-0.3, -0.25) is 0 Å². The summed E-state index contributed by atoms with van der Waals surface area (Å²) in [6, 6.07) is 13.3. The Morgan fingerprint density at radius 3 is 1.50 bits per heavy atom. The van der Waals surface area contributed by atoms with Crippen LogP contribution in [0.25, 0.3) is 57.5 Å². The summed E-state index contributed by atoms with van der Waals surface area (Å²) in [7, 11) is 0. The van der Waals surface area contributed by atoms with E-state index in [4.69, 9.17) is 9.97 Å². The number of aryl methyl sites for hydroxylation is 2. The molecule has 0 atom stereocenters. The molecule has 2 N–H and O–H groups in total. The fraction of sp³-hybridized carbons (Fsp3) is 0.457. The molecule has 0 fully saturated rings. The zero-order valence-corrected chi connectivity index (χ0v) is 33.4. The number of hydrogen-bond acceptors (Lipinski definition) is 3. The highest BCUT2D eigenvalue weighted by Gasteiger charge is 2.18. The van der Waals surface area contributed by atoms with E-state index in [0.29, 0.717) is 0 Å². The minimum absolute atomic E-state index is 0.812. The lowest BCUT2D eigenvalue weighted by Crippen LogP contribution is -1.97. The summed E-state index contributed by atoms with van der Waals surface area (Å²) < 4.78 is 0.812. The fourth-order valence-electron chi connectivity index (χ4n) is 7.75. The Hall–Kier alpha value is -3.77.